The fraction of sp³-hybridized carbons (Fsp3) is 0.417. The highest BCUT2D eigenvalue weighted by atomic mass is 16.4. The number of carbonyl (C=O) groups is 2. The Balaban J connectivity index is 2.16. The van der Waals surface area contributed by atoms with E-state index >= 15 is 0 Å². The molecule has 96 valence electrons. The van der Waals surface area contributed by atoms with Crippen LogP contribution in [-0.4, -0.2) is 21.6 Å². The number of amides is 1. The van der Waals surface area contributed by atoms with Gasteiger partial charge in [-0.1, -0.05) is 0 Å². The van der Waals surface area contributed by atoms with Crippen molar-refractivity contribution < 1.29 is 14.7 Å². The quantitative estimate of drug-likeness (QED) is 0.810. The van der Waals surface area contributed by atoms with Gasteiger partial charge in [0.25, 0.3) is 5.56 Å². The number of hydrogen-bond acceptors (Lipinski definition) is 3. The van der Waals surface area contributed by atoms with Crippen molar-refractivity contribution in [2.24, 2.45) is 18.9 Å². The van der Waals surface area contributed by atoms with Gasteiger partial charge in [0, 0.05) is 13.2 Å². The second-order valence-electron chi connectivity index (χ2n) is 4.57. The van der Waals surface area contributed by atoms with E-state index in [-0.39, 0.29) is 11.2 Å². The van der Waals surface area contributed by atoms with Crippen LogP contribution in [-0.2, 0) is 16.6 Å². The van der Waals surface area contributed by atoms with Crippen LogP contribution < -0.4 is 10.9 Å². The minimum Gasteiger partial charge on any atom is -0.481 e. The minimum absolute atomic E-state index is 0.223. The van der Waals surface area contributed by atoms with Crippen LogP contribution in [0.25, 0.3) is 0 Å². The summed E-state index contributed by atoms with van der Waals surface area (Å²) in [5.74, 6) is -2.49. The van der Waals surface area contributed by atoms with E-state index < -0.39 is 23.7 Å². The fourth-order valence-corrected chi connectivity index (χ4v) is 1.85. The first-order valence-electron chi connectivity index (χ1n) is 5.61. The Morgan fingerprint density at radius 2 is 2.11 bits per heavy atom. The SMILES string of the molecule is Cc1ccn(C)c(=O)c1NC(=O)C1CC1C(=O)O. The topological polar surface area (TPSA) is 88.4 Å². The molecule has 0 saturated heterocycles. The number of hydrogen-bond donors (Lipinski definition) is 2. The first kappa shape index (κ1) is 12.3. The molecule has 1 aromatic heterocycles. The van der Waals surface area contributed by atoms with Gasteiger partial charge in [0.1, 0.15) is 5.69 Å². The maximum atomic E-state index is 11.8. The van der Waals surface area contributed by atoms with E-state index in [1.165, 1.54) is 4.57 Å². The number of carboxylic acids is 1. The van der Waals surface area contributed by atoms with Crippen molar-refractivity contribution in [3.63, 3.8) is 0 Å². The predicted molar refractivity (Wildman–Crippen MR) is 64.3 cm³/mol. The van der Waals surface area contributed by atoms with Crippen LogP contribution >= 0.6 is 0 Å². The lowest BCUT2D eigenvalue weighted by Crippen LogP contribution is -2.26. The van der Waals surface area contributed by atoms with Crippen LogP contribution in [0.5, 0.6) is 0 Å². The van der Waals surface area contributed by atoms with Crippen molar-refractivity contribution in [2.45, 2.75) is 13.3 Å². The van der Waals surface area contributed by atoms with Crippen LogP contribution in [0.15, 0.2) is 17.1 Å². The summed E-state index contributed by atoms with van der Waals surface area (Å²) in [5, 5.41) is 11.3. The summed E-state index contributed by atoms with van der Waals surface area (Å²) in [4.78, 5) is 34.3. The molecule has 6 nitrogen and oxygen atoms in total. The molecule has 2 atom stereocenters. The summed E-state index contributed by atoms with van der Waals surface area (Å²) in [6.07, 6.45) is 1.96. The zero-order valence-corrected chi connectivity index (χ0v) is 10.1. The van der Waals surface area contributed by atoms with Crippen LogP contribution in [0.4, 0.5) is 5.69 Å². The third kappa shape index (κ3) is 2.13. The van der Waals surface area contributed by atoms with Gasteiger partial charge in [-0.05, 0) is 25.0 Å². The summed E-state index contributed by atoms with van der Waals surface area (Å²) in [6, 6.07) is 1.72. The van der Waals surface area contributed by atoms with Gasteiger partial charge < -0.3 is 15.0 Å². The molecule has 18 heavy (non-hydrogen) atoms. The number of rotatable bonds is 3. The Morgan fingerprint density at radius 3 is 2.67 bits per heavy atom. The lowest BCUT2D eigenvalue weighted by atomic mass is 10.2. The van der Waals surface area contributed by atoms with Gasteiger partial charge in [-0.15, -0.1) is 0 Å². The second kappa shape index (κ2) is 4.29. The van der Waals surface area contributed by atoms with Crippen molar-refractivity contribution in [3.8, 4) is 0 Å². The van der Waals surface area contributed by atoms with E-state index in [0.717, 1.165) is 0 Å². The van der Waals surface area contributed by atoms with Gasteiger partial charge in [-0.2, -0.15) is 0 Å². The first-order valence-corrected chi connectivity index (χ1v) is 5.61. The third-order valence-corrected chi connectivity index (χ3v) is 3.17. The van der Waals surface area contributed by atoms with Crippen molar-refractivity contribution in [1.82, 2.24) is 4.57 Å². The van der Waals surface area contributed by atoms with Crippen molar-refractivity contribution in [2.75, 3.05) is 5.32 Å². The van der Waals surface area contributed by atoms with E-state index in [2.05, 4.69) is 5.32 Å². The minimum atomic E-state index is -0.965. The van der Waals surface area contributed by atoms with Gasteiger partial charge in [0.2, 0.25) is 5.91 Å². The molecule has 0 aromatic carbocycles. The summed E-state index contributed by atoms with van der Waals surface area (Å²) in [5.41, 5.74) is 0.593. The highest BCUT2D eigenvalue weighted by Gasteiger charge is 2.48. The molecule has 1 saturated carbocycles. The maximum absolute atomic E-state index is 11.8. The molecule has 0 radical (unpaired) electrons. The Morgan fingerprint density at radius 1 is 1.44 bits per heavy atom. The van der Waals surface area contributed by atoms with Gasteiger partial charge in [-0.25, -0.2) is 0 Å². The molecule has 1 amide bonds. The summed E-state index contributed by atoms with van der Waals surface area (Å²) in [6.45, 7) is 1.72. The molecule has 1 aromatic rings. The average Bonchev–Trinajstić information content (AvgIpc) is 3.09. The Bertz CT molecular complexity index is 576. The molecule has 1 aliphatic carbocycles. The molecular formula is C12H14N2O4. The number of anilines is 1. The normalized spacial score (nSPS) is 21.4. The lowest BCUT2D eigenvalue weighted by molar-refractivity contribution is -0.139. The molecule has 2 unspecified atom stereocenters. The largest absolute Gasteiger partial charge is 0.481 e. The third-order valence-electron chi connectivity index (χ3n) is 3.17. The number of carboxylic acid groups (broad SMARTS) is 1. The summed E-state index contributed by atoms with van der Waals surface area (Å²) >= 11 is 0. The molecule has 6 heteroatoms. The zero-order chi connectivity index (χ0) is 13.4. The van der Waals surface area contributed by atoms with Crippen molar-refractivity contribution in [1.29, 1.82) is 0 Å². The number of nitrogens with one attached hydrogen (secondary N) is 1. The van der Waals surface area contributed by atoms with E-state index in [4.69, 9.17) is 5.11 Å². The smallest absolute Gasteiger partial charge is 0.307 e. The number of nitrogens with zero attached hydrogens (tertiary/aromatic N) is 1. The van der Waals surface area contributed by atoms with E-state index in [1.807, 2.05) is 0 Å². The molecule has 2 rings (SSSR count). The van der Waals surface area contributed by atoms with Gasteiger partial charge in [0.05, 0.1) is 11.8 Å². The van der Waals surface area contributed by atoms with Crippen LogP contribution in [0, 0.1) is 18.8 Å². The van der Waals surface area contributed by atoms with Crippen LogP contribution in [0.3, 0.4) is 0 Å². The Hall–Kier alpha value is -2.11. The van der Waals surface area contributed by atoms with E-state index in [1.54, 1.807) is 26.2 Å². The van der Waals surface area contributed by atoms with Gasteiger partial charge in [0.15, 0.2) is 0 Å². The molecule has 1 heterocycles. The van der Waals surface area contributed by atoms with Gasteiger partial charge in [-0.3, -0.25) is 14.4 Å². The van der Waals surface area contributed by atoms with Gasteiger partial charge >= 0.3 is 5.97 Å². The molecule has 1 aliphatic rings. The zero-order valence-electron chi connectivity index (χ0n) is 10.1. The van der Waals surface area contributed by atoms with E-state index in [9.17, 15) is 14.4 Å². The number of pyridine rings is 1. The Labute approximate surface area is 103 Å². The standard InChI is InChI=1S/C12H14N2O4/c1-6-3-4-14(2)11(16)9(6)13-10(15)7-5-8(7)12(17)18/h3-4,7-8H,5H2,1-2H3,(H,13,15)(H,17,18). The molecule has 0 spiro atoms. The fourth-order valence-electron chi connectivity index (χ4n) is 1.85. The molecule has 1 fully saturated rings. The summed E-state index contributed by atoms with van der Waals surface area (Å²) in [7, 11) is 1.59. The van der Waals surface area contributed by atoms with Crippen LogP contribution in [0.1, 0.15) is 12.0 Å². The maximum Gasteiger partial charge on any atom is 0.307 e. The average molecular weight is 250 g/mol. The highest BCUT2D eigenvalue weighted by molar-refractivity contribution is 5.98. The molecule has 0 aliphatic heterocycles. The molecular weight excluding hydrogens is 236 g/mol. The summed E-state index contributed by atoms with van der Waals surface area (Å²) < 4.78 is 1.37. The second-order valence-corrected chi connectivity index (χ2v) is 4.57. The number of aromatic nitrogens is 1. The molecule has 0 bridgehead atoms. The number of aryl methyl sites for hydroxylation is 2. The first-order chi connectivity index (χ1) is 8.41. The number of aliphatic carboxylic acids is 1. The predicted octanol–water partition coefficient (Wildman–Crippen LogP) is 0.353. The monoisotopic (exact) mass is 250 g/mol. The highest BCUT2D eigenvalue weighted by Crippen LogP contribution is 2.39. The molecule has 2 N–H and O–H groups in total. The van der Waals surface area contributed by atoms with E-state index in [0.29, 0.717) is 12.0 Å². The Kier molecular flexibility index (Phi) is 2.94. The number of carbonyl (C=O) groups excluding carboxylic acids is 1. The lowest BCUT2D eigenvalue weighted by Gasteiger charge is -2.08. The van der Waals surface area contributed by atoms with Crippen molar-refractivity contribution in [3.05, 3.63) is 28.2 Å². The van der Waals surface area contributed by atoms with Crippen LogP contribution in [0.2, 0.25) is 0 Å². The van der Waals surface area contributed by atoms with Crippen molar-refractivity contribution >= 4 is 17.6 Å².